The lowest BCUT2D eigenvalue weighted by Gasteiger charge is -1.95. The smallest absolute Gasteiger partial charge is 0.271 e. The summed E-state index contributed by atoms with van der Waals surface area (Å²) in [5.41, 5.74) is 0.458. The van der Waals surface area contributed by atoms with Crippen molar-refractivity contribution >= 4 is 28.6 Å². The number of aromatic nitrogens is 2. The van der Waals surface area contributed by atoms with Gasteiger partial charge in [0.15, 0.2) is 0 Å². The van der Waals surface area contributed by atoms with Gasteiger partial charge in [0.25, 0.3) is 5.24 Å². The number of halogens is 1. The molecule has 1 heterocycles. The lowest BCUT2D eigenvalue weighted by atomic mass is 10.5. The van der Waals surface area contributed by atoms with Crippen LogP contribution >= 0.6 is 23.4 Å². The van der Waals surface area contributed by atoms with Crippen LogP contribution in [-0.2, 0) is 7.05 Å². The number of hydrogen-bond donors (Lipinski definition) is 0. The van der Waals surface area contributed by atoms with Crippen LogP contribution in [0.25, 0.3) is 0 Å². The van der Waals surface area contributed by atoms with Crippen LogP contribution in [0.1, 0.15) is 10.5 Å². The van der Waals surface area contributed by atoms with Gasteiger partial charge in [-0.25, -0.2) is 4.98 Å². The Morgan fingerprint density at radius 1 is 1.82 bits per heavy atom. The predicted molar refractivity (Wildman–Crippen MR) is 45.2 cm³/mol. The van der Waals surface area contributed by atoms with Gasteiger partial charge in [-0.05, 0) is 17.9 Å². The van der Waals surface area contributed by atoms with Gasteiger partial charge >= 0.3 is 0 Å². The maximum atomic E-state index is 10.8. The van der Waals surface area contributed by atoms with Gasteiger partial charge in [-0.3, -0.25) is 4.79 Å². The van der Waals surface area contributed by atoms with E-state index >= 15 is 0 Å². The monoisotopic (exact) mass is 190 g/mol. The van der Waals surface area contributed by atoms with Crippen molar-refractivity contribution in [2.75, 3.05) is 6.26 Å². The van der Waals surface area contributed by atoms with E-state index in [9.17, 15) is 4.79 Å². The molecule has 1 aromatic rings. The highest BCUT2D eigenvalue weighted by atomic mass is 35.5. The van der Waals surface area contributed by atoms with Gasteiger partial charge < -0.3 is 4.57 Å². The number of hydrogen-bond acceptors (Lipinski definition) is 3. The molecule has 0 aromatic carbocycles. The maximum absolute atomic E-state index is 10.8. The first-order valence-corrected chi connectivity index (χ1v) is 4.52. The van der Waals surface area contributed by atoms with E-state index in [1.54, 1.807) is 17.9 Å². The Labute approximate surface area is 73.8 Å². The number of thioether (sulfide) groups is 1. The van der Waals surface area contributed by atoms with Gasteiger partial charge in [-0.2, -0.15) is 0 Å². The van der Waals surface area contributed by atoms with Crippen molar-refractivity contribution in [3.63, 3.8) is 0 Å². The summed E-state index contributed by atoms with van der Waals surface area (Å²) >= 11 is 6.73. The van der Waals surface area contributed by atoms with Crippen molar-refractivity contribution in [2.24, 2.45) is 7.05 Å². The molecular formula is C6H7ClN2OS. The molecule has 0 saturated carbocycles. The molecule has 0 unspecified atom stereocenters. The highest BCUT2D eigenvalue weighted by Gasteiger charge is 2.13. The number of rotatable bonds is 2. The number of carbonyl (C=O) groups is 1. The van der Waals surface area contributed by atoms with E-state index in [2.05, 4.69) is 4.98 Å². The molecule has 0 amide bonds. The van der Waals surface area contributed by atoms with E-state index in [4.69, 9.17) is 11.6 Å². The van der Waals surface area contributed by atoms with Gasteiger partial charge in [0.05, 0.1) is 6.33 Å². The van der Waals surface area contributed by atoms with Gasteiger partial charge in [-0.15, -0.1) is 11.8 Å². The van der Waals surface area contributed by atoms with Crippen molar-refractivity contribution in [2.45, 2.75) is 5.03 Å². The van der Waals surface area contributed by atoms with Gasteiger partial charge in [0.2, 0.25) is 0 Å². The van der Waals surface area contributed by atoms with E-state index in [-0.39, 0.29) is 0 Å². The summed E-state index contributed by atoms with van der Waals surface area (Å²) in [7, 11) is 1.74. The predicted octanol–water partition coefficient (Wildman–Crippen LogP) is 1.52. The molecule has 11 heavy (non-hydrogen) atoms. The lowest BCUT2D eigenvalue weighted by Crippen LogP contribution is -1.99. The molecule has 5 heteroatoms. The number of aryl methyl sites for hydroxylation is 1. The summed E-state index contributed by atoms with van der Waals surface area (Å²) in [5, 5.41) is 0.210. The van der Waals surface area contributed by atoms with E-state index in [1.807, 2.05) is 6.26 Å². The zero-order chi connectivity index (χ0) is 8.43. The van der Waals surface area contributed by atoms with Gasteiger partial charge in [-0.1, -0.05) is 0 Å². The molecular weight excluding hydrogens is 184 g/mol. The molecule has 0 fully saturated rings. The molecule has 0 aliphatic carbocycles. The summed E-state index contributed by atoms with van der Waals surface area (Å²) in [6, 6.07) is 0. The minimum atomic E-state index is -0.464. The second-order valence-electron chi connectivity index (χ2n) is 1.99. The van der Waals surface area contributed by atoms with E-state index in [1.165, 1.54) is 11.8 Å². The summed E-state index contributed by atoms with van der Waals surface area (Å²) in [5.74, 6) is 0. The molecule has 0 saturated heterocycles. The molecule has 3 nitrogen and oxygen atoms in total. The molecule has 0 radical (unpaired) electrons. The van der Waals surface area contributed by atoms with E-state index in [0.29, 0.717) is 10.7 Å². The minimum Gasteiger partial charge on any atom is -0.329 e. The van der Waals surface area contributed by atoms with Crippen molar-refractivity contribution in [1.82, 2.24) is 9.55 Å². The Balaban J connectivity index is 3.17. The fourth-order valence-corrected chi connectivity index (χ4v) is 1.64. The first-order chi connectivity index (χ1) is 5.16. The molecule has 0 spiro atoms. The van der Waals surface area contributed by atoms with E-state index in [0.717, 1.165) is 0 Å². The molecule has 0 N–H and O–H groups in total. The van der Waals surface area contributed by atoms with Crippen LogP contribution in [0.2, 0.25) is 0 Å². The Morgan fingerprint density at radius 2 is 2.45 bits per heavy atom. The topological polar surface area (TPSA) is 34.9 Å². The van der Waals surface area contributed by atoms with Crippen LogP contribution < -0.4 is 0 Å². The number of nitrogens with zero attached hydrogens (tertiary/aromatic N) is 2. The Hall–Kier alpha value is -0.480. The molecule has 0 aliphatic rings. The quantitative estimate of drug-likeness (QED) is 0.524. The summed E-state index contributed by atoms with van der Waals surface area (Å²) < 4.78 is 1.61. The number of carbonyl (C=O) groups excluding carboxylic acids is 1. The zero-order valence-corrected chi connectivity index (χ0v) is 7.74. The van der Waals surface area contributed by atoms with Crippen LogP contribution in [0.15, 0.2) is 11.4 Å². The average Bonchev–Trinajstić information content (AvgIpc) is 2.30. The standard InChI is InChI=1S/C6H7ClN2OS/c1-9-3-8-6(11-2)4(9)5(7)10/h3H,1-2H3. The molecule has 60 valence electrons. The third kappa shape index (κ3) is 1.57. The van der Waals surface area contributed by atoms with E-state index < -0.39 is 5.24 Å². The highest BCUT2D eigenvalue weighted by Crippen LogP contribution is 2.18. The molecule has 0 aliphatic heterocycles. The summed E-state index contributed by atoms with van der Waals surface area (Å²) in [6.07, 6.45) is 3.42. The average molecular weight is 191 g/mol. The Kier molecular flexibility index (Phi) is 2.57. The van der Waals surface area contributed by atoms with Crippen LogP contribution in [0.3, 0.4) is 0 Å². The van der Waals surface area contributed by atoms with Crippen molar-refractivity contribution in [3.05, 3.63) is 12.0 Å². The Morgan fingerprint density at radius 3 is 2.82 bits per heavy atom. The normalized spacial score (nSPS) is 10.1. The van der Waals surface area contributed by atoms with Crippen molar-refractivity contribution < 1.29 is 4.79 Å². The minimum absolute atomic E-state index is 0.458. The van der Waals surface area contributed by atoms with Crippen LogP contribution in [-0.4, -0.2) is 21.0 Å². The highest BCUT2D eigenvalue weighted by molar-refractivity contribution is 7.98. The first-order valence-electron chi connectivity index (χ1n) is 2.92. The summed E-state index contributed by atoms with van der Waals surface area (Å²) in [4.78, 5) is 14.8. The zero-order valence-electron chi connectivity index (χ0n) is 6.17. The van der Waals surface area contributed by atoms with Gasteiger partial charge in [0.1, 0.15) is 10.7 Å². The third-order valence-corrected chi connectivity index (χ3v) is 2.15. The van der Waals surface area contributed by atoms with Crippen molar-refractivity contribution in [1.29, 1.82) is 0 Å². The SMILES string of the molecule is CSc1ncn(C)c1C(=O)Cl. The molecule has 0 atom stereocenters. The lowest BCUT2D eigenvalue weighted by molar-refractivity contribution is 0.107. The molecule has 1 rings (SSSR count). The fourth-order valence-electron chi connectivity index (χ4n) is 0.781. The van der Waals surface area contributed by atoms with Crippen LogP contribution in [0.4, 0.5) is 0 Å². The summed E-state index contributed by atoms with van der Waals surface area (Å²) in [6.45, 7) is 0. The van der Waals surface area contributed by atoms with Gasteiger partial charge in [0, 0.05) is 7.05 Å². The fraction of sp³-hybridized carbons (Fsp3) is 0.333. The van der Waals surface area contributed by atoms with Crippen LogP contribution in [0.5, 0.6) is 0 Å². The molecule has 1 aromatic heterocycles. The second kappa shape index (κ2) is 3.28. The largest absolute Gasteiger partial charge is 0.329 e. The maximum Gasteiger partial charge on any atom is 0.271 e. The third-order valence-electron chi connectivity index (χ3n) is 1.28. The second-order valence-corrected chi connectivity index (χ2v) is 3.13. The molecule has 0 bridgehead atoms. The first kappa shape index (κ1) is 8.62. The number of imidazole rings is 1. The van der Waals surface area contributed by atoms with Crippen molar-refractivity contribution in [3.8, 4) is 0 Å². The van der Waals surface area contributed by atoms with Crippen LogP contribution in [0, 0.1) is 0 Å². The Bertz CT molecular complexity index is 284.